The minimum atomic E-state index is -1.52. The van der Waals surface area contributed by atoms with Crippen molar-refractivity contribution in [1.29, 1.82) is 0 Å². The molecule has 0 aliphatic rings. The maximum Gasteiger partial charge on any atom is 0.346 e. The highest BCUT2D eigenvalue weighted by atomic mass is 16.6. The number of benzene rings is 1. The van der Waals surface area contributed by atoms with Crippen LogP contribution in [0.15, 0.2) is 12.1 Å². The van der Waals surface area contributed by atoms with Crippen LogP contribution in [0.4, 0.5) is 5.69 Å². The second-order valence-corrected chi connectivity index (χ2v) is 2.69. The number of aryl methyl sites for hydroxylation is 1. The first-order chi connectivity index (χ1) is 6.45. The van der Waals surface area contributed by atoms with E-state index in [9.17, 15) is 20.0 Å². The highest BCUT2D eigenvalue weighted by molar-refractivity contribution is 5.95. The molecule has 0 aromatic heterocycles. The van der Waals surface area contributed by atoms with Crippen LogP contribution in [0.2, 0.25) is 0 Å². The van der Waals surface area contributed by atoms with Crippen LogP contribution in [0.5, 0.6) is 5.75 Å². The Morgan fingerprint density at radius 1 is 1.50 bits per heavy atom. The van der Waals surface area contributed by atoms with E-state index in [0.717, 1.165) is 6.07 Å². The van der Waals surface area contributed by atoms with Crippen LogP contribution in [-0.2, 0) is 0 Å². The molecule has 0 heterocycles. The molecule has 0 fully saturated rings. The number of carbonyl (C=O) groups is 1. The third-order valence-corrected chi connectivity index (χ3v) is 1.77. The first-order valence-corrected chi connectivity index (χ1v) is 3.65. The summed E-state index contributed by atoms with van der Waals surface area (Å²) in [5.74, 6) is -2.08. The van der Waals surface area contributed by atoms with Crippen LogP contribution < -0.4 is 0 Å². The van der Waals surface area contributed by atoms with E-state index < -0.39 is 27.9 Å². The van der Waals surface area contributed by atoms with Gasteiger partial charge in [-0.2, -0.15) is 0 Å². The van der Waals surface area contributed by atoms with Gasteiger partial charge in [-0.15, -0.1) is 0 Å². The molecule has 1 rings (SSSR count). The normalized spacial score (nSPS) is 9.79. The van der Waals surface area contributed by atoms with Gasteiger partial charge in [-0.1, -0.05) is 0 Å². The fraction of sp³-hybridized carbons (Fsp3) is 0.125. The minimum Gasteiger partial charge on any atom is -0.506 e. The maximum atomic E-state index is 10.6. The SMILES string of the molecule is Cc1ccc([N+](=O)[O-])c(C(=O)O)c1O. The third kappa shape index (κ3) is 1.49. The van der Waals surface area contributed by atoms with E-state index in [1.807, 2.05) is 0 Å². The predicted octanol–water partition coefficient (Wildman–Crippen LogP) is 1.31. The largest absolute Gasteiger partial charge is 0.506 e. The molecule has 0 radical (unpaired) electrons. The Kier molecular flexibility index (Phi) is 2.37. The molecule has 0 amide bonds. The average molecular weight is 197 g/mol. The zero-order valence-electron chi connectivity index (χ0n) is 7.22. The molecule has 1 aromatic carbocycles. The van der Waals surface area contributed by atoms with Gasteiger partial charge in [0.2, 0.25) is 0 Å². The van der Waals surface area contributed by atoms with Gasteiger partial charge in [0, 0.05) is 6.07 Å². The molecule has 0 unspecified atom stereocenters. The summed E-state index contributed by atoms with van der Waals surface area (Å²) in [5.41, 5.74) is -0.997. The number of aromatic hydroxyl groups is 1. The van der Waals surface area contributed by atoms with E-state index in [2.05, 4.69) is 0 Å². The highest BCUT2D eigenvalue weighted by Gasteiger charge is 2.24. The first kappa shape index (κ1) is 9.97. The summed E-state index contributed by atoms with van der Waals surface area (Å²) in [7, 11) is 0. The quantitative estimate of drug-likeness (QED) is 0.549. The summed E-state index contributed by atoms with van der Waals surface area (Å²) < 4.78 is 0. The van der Waals surface area contributed by atoms with Crippen molar-refractivity contribution in [3.63, 3.8) is 0 Å². The molecule has 0 bridgehead atoms. The Hall–Kier alpha value is -2.11. The summed E-state index contributed by atoms with van der Waals surface area (Å²) in [5, 5.41) is 28.4. The zero-order chi connectivity index (χ0) is 10.9. The van der Waals surface area contributed by atoms with E-state index >= 15 is 0 Å². The standard InChI is InChI=1S/C8H7NO5/c1-4-2-3-5(9(13)14)6(7(4)10)8(11)12/h2-3,10H,1H3,(H,11,12). The molecule has 0 aliphatic carbocycles. The molecule has 2 N–H and O–H groups in total. The topological polar surface area (TPSA) is 101 Å². The molecule has 0 saturated heterocycles. The van der Waals surface area contributed by atoms with E-state index in [1.54, 1.807) is 0 Å². The minimum absolute atomic E-state index is 0.285. The first-order valence-electron chi connectivity index (χ1n) is 3.65. The molecule has 1 aromatic rings. The summed E-state index contributed by atoms with van der Waals surface area (Å²) in [6, 6.07) is 2.35. The summed E-state index contributed by atoms with van der Waals surface area (Å²) in [6.07, 6.45) is 0. The van der Waals surface area contributed by atoms with E-state index in [-0.39, 0.29) is 5.56 Å². The number of hydrogen-bond acceptors (Lipinski definition) is 4. The number of nitro benzene ring substituents is 1. The Morgan fingerprint density at radius 3 is 2.50 bits per heavy atom. The van der Waals surface area contributed by atoms with Crippen LogP contribution in [0.1, 0.15) is 15.9 Å². The Labute approximate surface area is 78.6 Å². The fourth-order valence-corrected chi connectivity index (χ4v) is 1.05. The van der Waals surface area contributed by atoms with Crippen molar-refractivity contribution in [1.82, 2.24) is 0 Å². The van der Waals surface area contributed by atoms with Gasteiger partial charge in [0.1, 0.15) is 5.75 Å². The molecule has 0 atom stereocenters. The van der Waals surface area contributed by atoms with E-state index in [1.165, 1.54) is 13.0 Å². The van der Waals surface area contributed by atoms with Gasteiger partial charge >= 0.3 is 5.97 Å². The molecular weight excluding hydrogens is 190 g/mol. The molecule has 74 valence electrons. The highest BCUT2D eigenvalue weighted by Crippen LogP contribution is 2.30. The lowest BCUT2D eigenvalue weighted by Gasteiger charge is -2.03. The number of carboxylic acid groups (broad SMARTS) is 1. The van der Waals surface area contributed by atoms with Crippen LogP contribution in [-0.4, -0.2) is 21.1 Å². The zero-order valence-corrected chi connectivity index (χ0v) is 7.22. The smallest absolute Gasteiger partial charge is 0.346 e. The lowest BCUT2D eigenvalue weighted by Crippen LogP contribution is -2.03. The molecule has 0 aliphatic heterocycles. The van der Waals surface area contributed by atoms with Crippen molar-refractivity contribution >= 4 is 11.7 Å². The summed E-state index contributed by atoms with van der Waals surface area (Å²) in [6.45, 7) is 1.46. The van der Waals surface area contributed by atoms with Crippen molar-refractivity contribution in [2.75, 3.05) is 0 Å². The van der Waals surface area contributed by atoms with Crippen LogP contribution in [0, 0.1) is 17.0 Å². The third-order valence-electron chi connectivity index (χ3n) is 1.77. The number of carboxylic acids is 1. The molecule has 14 heavy (non-hydrogen) atoms. The molecular formula is C8H7NO5. The van der Waals surface area contributed by atoms with Crippen molar-refractivity contribution in [2.24, 2.45) is 0 Å². The number of rotatable bonds is 2. The fourth-order valence-electron chi connectivity index (χ4n) is 1.05. The van der Waals surface area contributed by atoms with Gasteiger partial charge < -0.3 is 10.2 Å². The van der Waals surface area contributed by atoms with Gasteiger partial charge in [0.05, 0.1) is 4.92 Å². The predicted molar refractivity (Wildman–Crippen MR) is 46.5 cm³/mol. The molecule has 6 heteroatoms. The van der Waals surface area contributed by atoms with Gasteiger partial charge in [-0.25, -0.2) is 4.79 Å². The molecule has 0 saturated carbocycles. The van der Waals surface area contributed by atoms with Crippen molar-refractivity contribution < 1.29 is 19.9 Å². The lowest BCUT2D eigenvalue weighted by atomic mass is 10.1. The number of nitrogens with zero attached hydrogens (tertiary/aromatic N) is 1. The van der Waals surface area contributed by atoms with Crippen LogP contribution in [0.25, 0.3) is 0 Å². The second-order valence-electron chi connectivity index (χ2n) is 2.69. The van der Waals surface area contributed by atoms with Crippen molar-refractivity contribution in [3.8, 4) is 5.75 Å². The van der Waals surface area contributed by atoms with Gasteiger partial charge in [0.25, 0.3) is 5.69 Å². The van der Waals surface area contributed by atoms with E-state index in [0.29, 0.717) is 0 Å². The summed E-state index contributed by atoms with van der Waals surface area (Å²) >= 11 is 0. The second kappa shape index (κ2) is 3.33. The average Bonchev–Trinajstić information content (AvgIpc) is 2.08. The van der Waals surface area contributed by atoms with Gasteiger partial charge in [-0.05, 0) is 18.6 Å². The van der Waals surface area contributed by atoms with Gasteiger partial charge in [0.15, 0.2) is 5.56 Å². The number of phenols is 1. The number of nitro groups is 1. The molecule has 6 nitrogen and oxygen atoms in total. The Balaban J connectivity index is 3.53. The monoisotopic (exact) mass is 197 g/mol. The van der Waals surface area contributed by atoms with Crippen molar-refractivity contribution in [3.05, 3.63) is 33.4 Å². The van der Waals surface area contributed by atoms with Crippen LogP contribution in [0.3, 0.4) is 0 Å². The number of aromatic carboxylic acids is 1. The van der Waals surface area contributed by atoms with Crippen LogP contribution >= 0.6 is 0 Å². The van der Waals surface area contributed by atoms with Crippen molar-refractivity contribution in [2.45, 2.75) is 6.92 Å². The number of hydrogen-bond donors (Lipinski definition) is 2. The molecule has 0 spiro atoms. The Bertz CT molecular complexity index is 412. The maximum absolute atomic E-state index is 10.6. The summed E-state index contributed by atoms with van der Waals surface area (Å²) in [4.78, 5) is 20.2. The Morgan fingerprint density at radius 2 is 2.07 bits per heavy atom. The van der Waals surface area contributed by atoms with E-state index in [4.69, 9.17) is 5.11 Å². The lowest BCUT2D eigenvalue weighted by molar-refractivity contribution is -0.385. The van der Waals surface area contributed by atoms with Gasteiger partial charge in [-0.3, -0.25) is 10.1 Å².